The highest BCUT2D eigenvalue weighted by atomic mass is 16.4. The maximum atomic E-state index is 12.1. The SMILES string of the molecule is O=C(NC1(C(=O)O)CCC1)c1cnc2nc[nH]c2c1. The minimum absolute atomic E-state index is 0.323. The molecule has 1 amide bonds. The summed E-state index contributed by atoms with van der Waals surface area (Å²) >= 11 is 0. The van der Waals surface area contributed by atoms with Crippen molar-refractivity contribution < 1.29 is 14.7 Å². The van der Waals surface area contributed by atoms with E-state index in [0.717, 1.165) is 6.42 Å². The van der Waals surface area contributed by atoms with Crippen LogP contribution in [0.25, 0.3) is 11.2 Å². The molecule has 2 aromatic heterocycles. The Balaban J connectivity index is 1.85. The number of amides is 1. The first kappa shape index (κ1) is 11.6. The van der Waals surface area contributed by atoms with E-state index >= 15 is 0 Å². The molecule has 0 radical (unpaired) electrons. The summed E-state index contributed by atoms with van der Waals surface area (Å²) in [6.45, 7) is 0. The van der Waals surface area contributed by atoms with E-state index in [1.165, 1.54) is 12.5 Å². The Morgan fingerprint density at radius 1 is 1.37 bits per heavy atom. The normalized spacial score (nSPS) is 16.8. The Bertz CT molecular complexity index is 660. The van der Waals surface area contributed by atoms with Crippen molar-refractivity contribution in [2.45, 2.75) is 24.8 Å². The number of aliphatic carboxylic acids is 1. The topological polar surface area (TPSA) is 108 Å². The molecule has 19 heavy (non-hydrogen) atoms. The third kappa shape index (κ3) is 1.83. The molecule has 2 aromatic rings. The van der Waals surface area contributed by atoms with Crippen LogP contribution in [0.15, 0.2) is 18.6 Å². The number of nitrogens with one attached hydrogen (secondary N) is 2. The van der Waals surface area contributed by atoms with E-state index in [1.54, 1.807) is 6.07 Å². The van der Waals surface area contributed by atoms with Gasteiger partial charge in [0.15, 0.2) is 5.65 Å². The average Bonchev–Trinajstić information content (AvgIpc) is 2.79. The van der Waals surface area contributed by atoms with Gasteiger partial charge in [0.25, 0.3) is 5.91 Å². The zero-order valence-electron chi connectivity index (χ0n) is 10.0. The van der Waals surface area contributed by atoms with Crippen LogP contribution in [0.5, 0.6) is 0 Å². The maximum Gasteiger partial charge on any atom is 0.329 e. The zero-order chi connectivity index (χ0) is 13.5. The quantitative estimate of drug-likeness (QED) is 0.752. The fourth-order valence-electron chi connectivity index (χ4n) is 2.17. The number of aromatic amines is 1. The second kappa shape index (κ2) is 4.04. The Morgan fingerprint density at radius 3 is 2.79 bits per heavy atom. The highest BCUT2D eigenvalue weighted by Gasteiger charge is 2.45. The van der Waals surface area contributed by atoms with E-state index in [0.29, 0.717) is 29.6 Å². The number of rotatable bonds is 3. The molecule has 1 saturated carbocycles. The van der Waals surface area contributed by atoms with E-state index in [2.05, 4.69) is 20.3 Å². The molecule has 0 bridgehead atoms. The fourth-order valence-corrected chi connectivity index (χ4v) is 2.17. The Morgan fingerprint density at radius 2 is 2.16 bits per heavy atom. The van der Waals surface area contributed by atoms with Crippen molar-refractivity contribution in [1.82, 2.24) is 20.3 Å². The summed E-state index contributed by atoms with van der Waals surface area (Å²) in [5.41, 5.74) is 0.378. The Labute approximate surface area is 108 Å². The summed E-state index contributed by atoms with van der Waals surface area (Å²) in [5.74, 6) is -1.41. The lowest BCUT2D eigenvalue weighted by Gasteiger charge is -2.38. The number of nitrogens with zero attached hydrogens (tertiary/aromatic N) is 2. The molecule has 98 valence electrons. The van der Waals surface area contributed by atoms with E-state index in [9.17, 15) is 14.7 Å². The summed E-state index contributed by atoms with van der Waals surface area (Å²) in [5, 5.41) is 11.8. The van der Waals surface area contributed by atoms with E-state index in [1.807, 2.05) is 0 Å². The minimum atomic E-state index is -1.11. The van der Waals surface area contributed by atoms with Crippen LogP contribution in [0, 0.1) is 0 Å². The first-order valence-corrected chi connectivity index (χ1v) is 5.96. The van der Waals surface area contributed by atoms with Crippen molar-refractivity contribution in [2.75, 3.05) is 0 Å². The highest BCUT2D eigenvalue weighted by Crippen LogP contribution is 2.32. The molecular formula is C12H12N4O3. The van der Waals surface area contributed by atoms with Crippen LogP contribution < -0.4 is 5.32 Å². The van der Waals surface area contributed by atoms with Gasteiger partial charge in [-0.15, -0.1) is 0 Å². The lowest BCUT2D eigenvalue weighted by atomic mass is 9.76. The minimum Gasteiger partial charge on any atom is -0.480 e. The molecule has 0 aromatic carbocycles. The molecule has 7 nitrogen and oxygen atoms in total. The number of carbonyl (C=O) groups is 2. The van der Waals surface area contributed by atoms with Gasteiger partial charge in [0.05, 0.1) is 17.4 Å². The summed E-state index contributed by atoms with van der Waals surface area (Å²) < 4.78 is 0. The fraction of sp³-hybridized carbons (Fsp3) is 0.333. The van der Waals surface area contributed by atoms with Gasteiger partial charge in [-0.1, -0.05) is 0 Å². The largest absolute Gasteiger partial charge is 0.480 e. The molecule has 2 heterocycles. The molecule has 0 unspecified atom stereocenters. The van der Waals surface area contributed by atoms with Crippen LogP contribution in [-0.4, -0.2) is 37.5 Å². The summed E-state index contributed by atoms with van der Waals surface area (Å²) in [6.07, 6.45) is 4.63. The van der Waals surface area contributed by atoms with Crippen LogP contribution in [0.3, 0.4) is 0 Å². The van der Waals surface area contributed by atoms with E-state index < -0.39 is 17.4 Å². The molecule has 0 saturated heterocycles. The number of aromatic nitrogens is 3. The number of pyridine rings is 1. The molecular weight excluding hydrogens is 248 g/mol. The lowest BCUT2D eigenvalue weighted by Crippen LogP contribution is -2.59. The lowest BCUT2D eigenvalue weighted by molar-refractivity contribution is -0.148. The number of hydrogen-bond donors (Lipinski definition) is 3. The van der Waals surface area contributed by atoms with Crippen LogP contribution in [-0.2, 0) is 4.79 Å². The molecule has 3 rings (SSSR count). The number of fused-ring (bicyclic) bond motifs is 1. The number of carboxylic acid groups (broad SMARTS) is 1. The number of imidazole rings is 1. The van der Waals surface area contributed by atoms with Gasteiger partial charge in [0.1, 0.15) is 5.54 Å². The van der Waals surface area contributed by atoms with E-state index in [-0.39, 0.29) is 0 Å². The van der Waals surface area contributed by atoms with Gasteiger partial charge in [0.2, 0.25) is 0 Å². The van der Waals surface area contributed by atoms with Crippen molar-refractivity contribution in [3.05, 3.63) is 24.2 Å². The van der Waals surface area contributed by atoms with Crippen molar-refractivity contribution in [1.29, 1.82) is 0 Å². The third-order valence-electron chi connectivity index (χ3n) is 3.51. The van der Waals surface area contributed by atoms with Gasteiger partial charge >= 0.3 is 5.97 Å². The zero-order valence-corrected chi connectivity index (χ0v) is 10.0. The standard InChI is InChI=1S/C12H12N4O3/c17-10(16-12(11(18)19)2-1-3-12)7-4-8-9(13-5-7)15-6-14-8/h4-6H,1-3H2,(H,16,17)(H,18,19)(H,13,14,15). The number of carbonyl (C=O) groups excluding carboxylic acids is 1. The second-order valence-electron chi connectivity index (χ2n) is 4.69. The van der Waals surface area contributed by atoms with Crippen LogP contribution >= 0.6 is 0 Å². The Hall–Kier alpha value is -2.44. The predicted molar refractivity (Wildman–Crippen MR) is 65.6 cm³/mol. The van der Waals surface area contributed by atoms with Gasteiger partial charge in [-0.25, -0.2) is 14.8 Å². The molecule has 0 atom stereocenters. The smallest absolute Gasteiger partial charge is 0.329 e. The molecule has 7 heteroatoms. The maximum absolute atomic E-state index is 12.1. The number of hydrogen-bond acceptors (Lipinski definition) is 4. The van der Waals surface area contributed by atoms with Crippen LogP contribution in [0.2, 0.25) is 0 Å². The van der Waals surface area contributed by atoms with Crippen LogP contribution in [0.1, 0.15) is 29.6 Å². The average molecular weight is 260 g/mol. The number of H-pyrrole nitrogens is 1. The van der Waals surface area contributed by atoms with Crippen molar-refractivity contribution in [2.24, 2.45) is 0 Å². The van der Waals surface area contributed by atoms with Gasteiger partial charge in [0, 0.05) is 6.20 Å². The predicted octanol–water partition coefficient (Wildman–Crippen LogP) is 0.695. The summed E-state index contributed by atoms with van der Waals surface area (Å²) in [4.78, 5) is 34.1. The summed E-state index contributed by atoms with van der Waals surface area (Å²) in [6, 6.07) is 1.61. The van der Waals surface area contributed by atoms with Gasteiger partial charge in [-0.05, 0) is 25.3 Å². The van der Waals surface area contributed by atoms with Crippen molar-refractivity contribution >= 4 is 23.0 Å². The first-order chi connectivity index (χ1) is 9.11. The summed E-state index contributed by atoms with van der Waals surface area (Å²) in [7, 11) is 0. The van der Waals surface area contributed by atoms with Gasteiger partial charge < -0.3 is 15.4 Å². The van der Waals surface area contributed by atoms with Crippen LogP contribution in [0.4, 0.5) is 0 Å². The number of carboxylic acids is 1. The molecule has 1 aliphatic carbocycles. The highest BCUT2D eigenvalue weighted by molar-refractivity contribution is 5.99. The first-order valence-electron chi connectivity index (χ1n) is 5.96. The monoisotopic (exact) mass is 260 g/mol. The second-order valence-corrected chi connectivity index (χ2v) is 4.69. The van der Waals surface area contributed by atoms with E-state index in [4.69, 9.17) is 0 Å². The molecule has 1 fully saturated rings. The van der Waals surface area contributed by atoms with Crippen molar-refractivity contribution in [3.63, 3.8) is 0 Å². The van der Waals surface area contributed by atoms with Gasteiger partial charge in [-0.3, -0.25) is 4.79 Å². The van der Waals surface area contributed by atoms with Crippen molar-refractivity contribution in [3.8, 4) is 0 Å². The molecule has 0 spiro atoms. The van der Waals surface area contributed by atoms with Gasteiger partial charge in [-0.2, -0.15) is 0 Å². The molecule has 3 N–H and O–H groups in total. The molecule has 0 aliphatic heterocycles. The third-order valence-corrected chi connectivity index (χ3v) is 3.51. The Kier molecular flexibility index (Phi) is 2.48. The molecule has 1 aliphatic rings.